The van der Waals surface area contributed by atoms with Crippen molar-refractivity contribution in [1.29, 1.82) is 0 Å². The fourth-order valence-electron chi connectivity index (χ4n) is 4.14. The molecule has 7 heteroatoms. The van der Waals surface area contributed by atoms with Gasteiger partial charge in [0, 0.05) is 37.9 Å². The smallest absolute Gasteiger partial charge is 0.253 e. The first-order valence-corrected chi connectivity index (χ1v) is 11.4. The number of rotatable bonds is 8. The summed E-state index contributed by atoms with van der Waals surface area (Å²) in [5.41, 5.74) is 3.18. The zero-order chi connectivity index (χ0) is 23.8. The summed E-state index contributed by atoms with van der Waals surface area (Å²) in [4.78, 5) is 40.6. The number of methoxy groups -OCH3 is 1. The highest BCUT2D eigenvalue weighted by atomic mass is 16.5. The van der Waals surface area contributed by atoms with Crippen molar-refractivity contribution in [1.82, 2.24) is 15.5 Å². The third-order valence-corrected chi connectivity index (χ3v) is 6.16. The summed E-state index contributed by atoms with van der Waals surface area (Å²) in [7, 11) is 1.57. The Morgan fingerprint density at radius 1 is 1.03 bits per heavy atom. The van der Waals surface area contributed by atoms with Crippen molar-refractivity contribution in [2.45, 2.75) is 32.7 Å². The van der Waals surface area contributed by atoms with E-state index in [4.69, 9.17) is 4.74 Å². The Labute approximate surface area is 195 Å². The first kappa shape index (κ1) is 24.5. The lowest BCUT2D eigenvalue weighted by atomic mass is 9.88. The summed E-state index contributed by atoms with van der Waals surface area (Å²) in [5.74, 6) is -0.559. The molecule has 1 saturated heterocycles. The van der Waals surface area contributed by atoms with E-state index in [1.807, 2.05) is 61.2 Å². The van der Waals surface area contributed by atoms with Gasteiger partial charge in [0.1, 0.15) is 6.04 Å². The third kappa shape index (κ3) is 6.42. The molecule has 3 amide bonds. The van der Waals surface area contributed by atoms with Gasteiger partial charge < -0.3 is 20.3 Å². The summed E-state index contributed by atoms with van der Waals surface area (Å²) in [6.07, 6.45) is 1.27. The van der Waals surface area contributed by atoms with Crippen molar-refractivity contribution in [3.63, 3.8) is 0 Å². The minimum atomic E-state index is -0.675. The minimum Gasteiger partial charge on any atom is -0.383 e. The van der Waals surface area contributed by atoms with Crippen LogP contribution in [0.25, 0.3) is 0 Å². The molecule has 0 aromatic heterocycles. The third-order valence-electron chi connectivity index (χ3n) is 6.16. The molecule has 0 bridgehead atoms. The number of piperidine rings is 1. The lowest BCUT2D eigenvalue weighted by molar-refractivity contribution is -0.124. The normalized spacial score (nSPS) is 15.1. The Hall–Kier alpha value is -3.19. The molecule has 2 N–H and O–H groups in total. The lowest BCUT2D eigenvalue weighted by Gasteiger charge is -2.36. The molecule has 0 unspecified atom stereocenters. The van der Waals surface area contributed by atoms with E-state index in [1.165, 1.54) is 0 Å². The maximum atomic E-state index is 13.0. The number of nitrogens with zero attached hydrogens (tertiary/aromatic N) is 1. The number of likely N-dealkylation sites (tertiary alicyclic amines) is 1. The highest BCUT2D eigenvalue weighted by Gasteiger charge is 2.34. The molecule has 3 rings (SSSR count). The number of hydrogen-bond donors (Lipinski definition) is 2. The van der Waals surface area contributed by atoms with Gasteiger partial charge in [-0.2, -0.15) is 0 Å². The SMILES string of the molecule is COCCNC(=O)[C@@H](NC(=O)c1ccccc1C)C1CCN(C(=O)c2ccc(C)cc2)CC1. The molecule has 2 aromatic carbocycles. The summed E-state index contributed by atoms with van der Waals surface area (Å²) < 4.78 is 5.03. The van der Waals surface area contributed by atoms with Crippen molar-refractivity contribution >= 4 is 17.7 Å². The van der Waals surface area contributed by atoms with Crippen LogP contribution in [0.15, 0.2) is 48.5 Å². The van der Waals surface area contributed by atoms with E-state index < -0.39 is 6.04 Å². The average molecular weight is 452 g/mol. The van der Waals surface area contributed by atoms with Gasteiger partial charge in [0.2, 0.25) is 5.91 Å². The predicted octanol–water partition coefficient (Wildman–Crippen LogP) is 2.72. The van der Waals surface area contributed by atoms with Crippen LogP contribution in [0.2, 0.25) is 0 Å². The van der Waals surface area contributed by atoms with Crippen LogP contribution in [0.4, 0.5) is 0 Å². The Morgan fingerprint density at radius 2 is 1.70 bits per heavy atom. The molecule has 0 aliphatic carbocycles. The van der Waals surface area contributed by atoms with Crippen LogP contribution in [0.5, 0.6) is 0 Å². The number of benzene rings is 2. The Kier molecular flexibility index (Phi) is 8.60. The van der Waals surface area contributed by atoms with Crippen molar-refractivity contribution in [3.8, 4) is 0 Å². The predicted molar refractivity (Wildman–Crippen MR) is 127 cm³/mol. The first-order valence-electron chi connectivity index (χ1n) is 11.4. The van der Waals surface area contributed by atoms with Gasteiger partial charge >= 0.3 is 0 Å². The summed E-state index contributed by atoms with van der Waals surface area (Å²) in [6.45, 7) is 5.71. The van der Waals surface area contributed by atoms with Crippen LogP contribution in [-0.2, 0) is 9.53 Å². The topological polar surface area (TPSA) is 87.7 Å². The monoisotopic (exact) mass is 451 g/mol. The van der Waals surface area contributed by atoms with Crippen LogP contribution >= 0.6 is 0 Å². The van der Waals surface area contributed by atoms with Crippen LogP contribution in [0, 0.1) is 19.8 Å². The zero-order valence-electron chi connectivity index (χ0n) is 19.6. The van der Waals surface area contributed by atoms with Gasteiger partial charge in [0.15, 0.2) is 0 Å². The van der Waals surface area contributed by atoms with Gasteiger partial charge in [0.25, 0.3) is 11.8 Å². The van der Waals surface area contributed by atoms with Gasteiger partial charge in [-0.25, -0.2) is 0 Å². The zero-order valence-corrected chi connectivity index (χ0v) is 19.6. The molecule has 176 valence electrons. The molecule has 33 heavy (non-hydrogen) atoms. The van der Waals surface area contributed by atoms with Crippen molar-refractivity contribution in [2.24, 2.45) is 5.92 Å². The summed E-state index contributed by atoms with van der Waals surface area (Å²) in [6, 6.07) is 14.2. The number of carbonyl (C=O) groups is 3. The van der Waals surface area contributed by atoms with E-state index in [9.17, 15) is 14.4 Å². The molecule has 2 aromatic rings. The van der Waals surface area contributed by atoms with E-state index in [1.54, 1.807) is 13.2 Å². The quantitative estimate of drug-likeness (QED) is 0.604. The number of nitrogens with one attached hydrogen (secondary N) is 2. The minimum absolute atomic E-state index is 0.00140. The van der Waals surface area contributed by atoms with Gasteiger partial charge in [-0.15, -0.1) is 0 Å². The lowest BCUT2D eigenvalue weighted by Crippen LogP contribution is -2.54. The molecule has 1 heterocycles. The van der Waals surface area contributed by atoms with Crippen LogP contribution in [0.3, 0.4) is 0 Å². The largest absolute Gasteiger partial charge is 0.383 e. The van der Waals surface area contributed by atoms with Gasteiger partial charge in [-0.3, -0.25) is 14.4 Å². The van der Waals surface area contributed by atoms with E-state index in [-0.39, 0.29) is 23.6 Å². The molecule has 1 aliphatic heterocycles. The maximum absolute atomic E-state index is 13.0. The first-order chi connectivity index (χ1) is 15.9. The molecule has 0 spiro atoms. The number of hydrogen-bond acceptors (Lipinski definition) is 4. The van der Waals surface area contributed by atoms with Crippen molar-refractivity contribution < 1.29 is 19.1 Å². The maximum Gasteiger partial charge on any atom is 0.253 e. The number of ether oxygens (including phenoxy) is 1. The molecular formula is C26H33N3O4. The number of amides is 3. The highest BCUT2D eigenvalue weighted by Crippen LogP contribution is 2.23. The molecular weight excluding hydrogens is 418 g/mol. The Balaban J connectivity index is 1.68. The Morgan fingerprint density at radius 3 is 2.33 bits per heavy atom. The van der Waals surface area contributed by atoms with E-state index in [0.717, 1.165) is 11.1 Å². The van der Waals surface area contributed by atoms with Crippen LogP contribution < -0.4 is 10.6 Å². The van der Waals surface area contributed by atoms with Crippen LogP contribution in [-0.4, -0.2) is 62.0 Å². The molecule has 0 radical (unpaired) electrons. The second-order valence-electron chi connectivity index (χ2n) is 8.55. The number of carbonyl (C=O) groups excluding carboxylic acids is 3. The Bertz CT molecular complexity index is 966. The molecule has 0 saturated carbocycles. The molecule has 1 atom stereocenters. The van der Waals surface area contributed by atoms with E-state index in [2.05, 4.69) is 10.6 Å². The highest BCUT2D eigenvalue weighted by molar-refractivity contribution is 5.98. The van der Waals surface area contributed by atoms with E-state index in [0.29, 0.717) is 50.2 Å². The fraction of sp³-hybridized carbons (Fsp3) is 0.423. The standard InChI is InChI=1S/C26H33N3O4/c1-18-8-10-21(11-9-18)26(32)29-15-12-20(13-16-29)23(25(31)27-14-17-33-3)28-24(30)22-7-5-4-6-19(22)2/h4-11,20,23H,12-17H2,1-3H3,(H,27,31)(H,28,30)/t23-/m0/s1. The summed E-state index contributed by atoms with van der Waals surface area (Å²) >= 11 is 0. The average Bonchev–Trinajstić information content (AvgIpc) is 2.83. The van der Waals surface area contributed by atoms with E-state index >= 15 is 0 Å². The second-order valence-corrected chi connectivity index (χ2v) is 8.55. The fourth-order valence-corrected chi connectivity index (χ4v) is 4.14. The summed E-state index contributed by atoms with van der Waals surface area (Å²) in [5, 5.41) is 5.82. The molecule has 7 nitrogen and oxygen atoms in total. The molecule has 1 fully saturated rings. The molecule has 1 aliphatic rings. The van der Waals surface area contributed by atoms with Gasteiger partial charge in [-0.1, -0.05) is 35.9 Å². The van der Waals surface area contributed by atoms with Crippen molar-refractivity contribution in [3.05, 3.63) is 70.8 Å². The second kappa shape index (κ2) is 11.6. The number of aryl methyl sites for hydroxylation is 2. The van der Waals surface area contributed by atoms with Gasteiger partial charge in [0.05, 0.1) is 6.61 Å². The van der Waals surface area contributed by atoms with Crippen LogP contribution in [0.1, 0.15) is 44.7 Å². The van der Waals surface area contributed by atoms with Gasteiger partial charge in [-0.05, 0) is 56.4 Å². The van der Waals surface area contributed by atoms with Crippen molar-refractivity contribution in [2.75, 3.05) is 33.4 Å².